The maximum absolute atomic E-state index is 4.78. The monoisotopic (exact) mass is 448 g/mol. The second-order valence-electron chi connectivity index (χ2n) is 11.5. The summed E-state index contributed by atoms with van der Waals surface area (Å²) in [5, 5.41) is 0. The first-order chi connectivity index (χ1) is 15.1. The molecule has 0 heterocycles. The molecule has 0 atom stereocenters. The van der Waals surface area contributed by atoms with Crippen LogP contribution in [0.15, 0.2) is 78.9 Å². The van der Waals surface area contributed by atoms with Crippen molar-refractivity contribution in [1.29, 1.82) is 0 Å². The van der Waals surface area contributed by atoms with Gasteiger partial charge in [0.15, 0.2) is 0 Å². The van der Waals surface area contributed by atoms with Crippen LogP contribution in [0.4, 0.5) is 0 Å². The third-order valence-corrected chi connectivity index (χ3v) is 6.85. The van der Waals surface area contributed by atoms with Crippen LogP contribution in [0.2, 0.25) is 0 Å². The Balaban J connectivity index is 3.63. The molecule has 1 aliphatic rings. The molecule has 2 heteroatoms. The van der Waals surface area contributed by atoms with Crippen LogP contribution in [0.1, 0.15) is 89.5 Å². The lowest BCUT2D eigenvalue weighted by Gasteiger charge is -2.20. The molecule has 0 aromatic rings. The van der Waals surface area contributed by atoms with Crippen LogP contribution in [-0.4, -0.2) is 25.5 Å². The van der Waals surface area contributed by atoms with Crippen LogP contribution >= 0.6 is 0 Å². The Hall–Kier alpha value is -2.22. The van der Waals surface area contributed by atoms with Crippen molar-refractivity contribution < 1.29 is 0 Å². The summed E-state index contributed by atoms with van der Waals surface area (Å²) in [5.74, 6) is 0. The molecule has 2 nitrogen and oxygen atoms in total. The van der Waals surface area contributed by atoms with Gasteiger partial charge >= 0.3 is 0 Å². The van der Waals surface area contributed by atoms with Gasteiger partial charge in [-0.2, -0.15) is 0 Å². The van der Waals surface area contributed by atoms with Crippen molar-refractivity contribution in [3.8, 4) is 0 Å². The predicted octanol–water partition coefficient (Wildman–Crippen LogP) is 9.04. The predicted molar refractivity (Wildman–Crippen MR) is 151 cm³/mol. The minimum absolute atomic E-state index is 0.160. The molecule has 1 aliphatic carbocycles. The second kappa shape index (κ2) is 11.3. The SMILES string of the molecule is CN=C1C(=NC)C(/C(C)=C/C=C(\C)C(C)(C)C)=C(C)CC(C)=C1/C(C)=C/C=C(\C)C(C)(C)C. The maximum atomic E-state index is 4.78. The molecule has 0 radical (unpaired) electrons. The Bertz CT molecular complexity index is 916. The van der Waals surface area contributed by atoms with Crippen molar-refractivity contribution in [2.45, 2.75) is 89.5 Å². The number of allylic oxidation sites excluding steroid dienone is 12. The second-order valence-corrected chi connectivity index (χ2v) is 11.5. The highest BCUT2D eigenvalue weighted by Gasteiger charge is 2.26. The molecule has 0 saturated heterocycles. The summed E-state index contributed by atoms with van der Waals surface area (Å²) in [6, 6.07) is 0. The molecule has 0 saturated carbocycles. The number of aliphatic imine (C=N–C) groups is 2. The molecule has 33 heavy (non-hydrogen) atoms. The van der Waals surface area contributed by atoms with E-state index in [1.54, 1.807) is 0 Å². The summed E-state index contributed by atoms with van der Waals surface area (Å²) in [6.07, 6.45) is 9.92. The summed E-state index contributed by atoms with van der Waals surface area (Å²) < 4.78 is 0. The third kappa shape index (κ3) is 7.39. The lowest BCUT2D eigenvalue weighted by molar-refractivity contribution is 0.504. The van der Waals surface area contributed by atoms with Gasteiger partial charge in [0.25, 0.3) is 0 Å². The zero-order valence-electron chi connectivity index (χ0n) is 23.9. The van der Waals surface area contributed by atoms with E-state index in [0.717, 1.165) is 17.8 Å². The molecule has 0 aliphatic heterocycles. The number of rotatable bonds is 4. The molecule has 0 aromatic carbocycles. The van der Waals surface area contributed by atoms with E-state index >= 15 is 0 Å². The summed E-state index contributed by atoms with van der Waals surface area (Å²) in [5.41, 5.74) is 12.6. The van der Waals surface area contributed by atoms with Crippen LogP contribution in [0, 0.1) is 10.8 Å². The van der Waals surface area contributed by atoms with Gasteiger partial charge in [0.2, 0.25) is 0 Å². The lowest BCUT2D eigenvalue weighted by Crippen LogP contribution is -2.21. The molecule has 1 rings (SSSR count). The van der Waals surface area contributed by atoms with Crippen LogP contribution in [0.5, 0.6) is 0 Å². The van der Waals surface area contributed by atoms with Crippen molar-refractivity contribution in [3.63, 3.8) is 0 Å². The van der Waals surface area contributed by atoms with E-state index in [0.29, 0.717) is 0 Å². The molecule has 0 N–H and O–H groups in total. The smallest absolute Gasteiger partial charge is 0.0903 e. The highest BCUT2D eigenvalue weighted by Crippen LogP contribution is 2.33. The molecule has 0 unspecified atom stereocenters. The highest BCUT2D eigenvalue weighted by molar-refractivity contribution is 6.55. The topological polar surface area (TPSA) is 24.7 Å². The fraction of sp³-hybridized carbons (Fsp3) is 0.548. The van der Waals surface area contributed by atoms with Crippen molar-refractivity contribution in [2.24, 2.45) is 20.8 Å². The summed E-state index contributed by atoms with van der Waals surface area (Å²) in [6.45, 7) is 26.8. The summed E-state index contributed by atoms with van der Waals surface area (Å²) >= 11 is 0. The van der Waals surface area contributed by atoms with E-state index in [-0.39, 0.29) is 10.8 Å². The van der Waals surface area contributed by atoms with Gasteiger partial charge in [-0.25, -0.2) is 0 Å². The zero-order valence-corrected chi connectivity index (χ0v) is 23.9. The van der Waals surface area contributed by atoms with Crippen LogP contribution in [0.3, 0.4) is 0 Å². The van der Waals surface area contributed by atoms with Gasteiger partial charge in [-0.3, -0.25) is 9.98 Å². The van der Waals surface area contributed by atoms with E-state index in [1.165, 1.54) is 44.6 Å². The third-order valence-electron chi connectivity index (χ3n) is 6.85. The fourth-order valence-electron chi connectivity index (χ4n) is 3.86. The normalized spacial score (nSPS) is 20.9. The molecule has 0 amide bonds. The molecule has 0 spiro atoms. The summed E-state index contributed by atoms with van der Waals surface area (Å²) in [7, 11) is 3.77. The quantitative estimate of drug-likeness (QED) is 0.383. The van der Waals surface area contributed by atoms with Crippen molar-refractivity contribution in [1.82, 2.24) is 0 Å². The molecule has 0 bridgehead atoms. The van der Waals surface area contributed by atoms with Crippen molar-refractivity contribution in [3.05, 3.63) is 68.9 Å². The van der Waals surface area contributed by atoms with E-state index in [2.05, 4.69) is 107 Å². The highest BCUT2D eigenvalue weighted by atomic mass is 14.8. The standard InChI is InChI=1S/C31H48N2/c1-20(15-17-24(5)30(7,8)9)26-22(3)19-23(4)27(29(33-14)28(26)32-13)21(2)16-18-25(6)31(10,11)12/h15-18H,19H2,1-14H3/b20-15+,21-16+,24-17+,25-18+,32-28?,33-29?. The maximum Gasteiger partial charge on any atom is 0.0903 e. The minimum Gasteiger partial charge on any atom is -0.286 e. The number of nitrogens with zero attached hydrogens (tertiary/aromatic N) is 2. The molecule has 182 valence electrons. The Kier molecular flexibility index (Phi) is 9.84. The van der Waals surface area contributed by atoms with E-state index < -0.39 is 0 Å². The van der Waals surface area contributed by atoms with Crippen LogP contribution in [-0.2, 0) is 0 Å². The van der Waals surface area contributed by atoms with Crippen molar-refractivity contribution in [2.75, 3.05) is 14.1 Å². The zero-order chi connectivity index (χ0) is 25.7. The molecular weight excluding hydrogens is 400 g/mol. The summed E-state index contributed by atoms with van der Waals surface area (Å²) in [4.78, 5) is 9.56. The van der Waals surface area contributed by atoms with Crippen LogP contribution < -0.4 is 0 Å². The van der Waals surface area contributed by atoms with Gasteiger partial charge in [0, 0.05) is 25.2 Å². The van der Waals surface area contributed by atoms with Gasteiger partial charge in [-0.1, -0.05) is 88.1 Å². The average Bonchev–Trinajstić information content (AvgIpc) is 2.80. The van der Waals surface area contributed by atoms with Gasteiger partial charge < -0.3 is 0 Å². The van der Waals surface area contributed by atoms with Crippen molar-refractivity contribution >= 4 is 11.4 Å². The van der Waals surface area contributed by atoms with Gasteiger partial charge in [0.05, 0.1) is 11.4 Å². The average molecular weight is 449 g/mol. The molecule has 0 aromatic heterocycles. The first kappa shape index (κ1) is 28.8. The van der Waals surface area contributed by atoms with Gasteiger partial charge in [0.1, 0.15) is 0 Å². The van der Waals surface area contributed by atoms with Gasteiger partial charge in [-0.15, -0.1) is 0 Å². The van der Waals surface area contributed by atoms with E-state index in [9.17, 15) is 0 Å². The molecule has 0 fully saturated rings. The first-order valence-electron chi connectivity index (χ1n) is 12.1. The number of hydrogen-bond donors (Lipinski definition) is 0. The fourth-order valence-corrected chi connectivity index (χ4v) is 3.86. The van der Waals surface area contributed by atoms with E-state index in [1.807, 2.05) is 14.1 Å². The Morgan fingerprint density at radius 1 is 0.606 bits per heavy atom. The minimum atomic E-state index is 0.160. The van der Waals surface area contributed by atoms with E-state index in [4.69, 9.17) is 9.98 Å². The largest absolute Gasteiger partial charge is 0.286 e. The molecular formula is C31H48N2. The first-order valence-corrected chi connectivity index (χ1v) is 12.1. The Morgan fingerprint density at radius 3 is 1.15 bits per heavy atom. The van der Waals surface area contributed by atoms with Gasteiger partial charge in [-0.05, 0) is 69.9 Å². The Labute approximate surface area is 204 Å². The lowest BCUT2D eigenvalue weighted by atomic mass is 9.86. The number of hydrogen-bond acceptors (Lipinski definition) is 2. The van der Waals surface area contributed by atoms with Crippen LogP contribution in [0.25, 0.3) is 0 Å². The Morgan fingerprint density at radius 2 is 0.909 bits per heavy atom.